The second-order valence-corrected chi connectivity index (χ2v) is 7.79. The fourth-order valence-electron chi connectivity index (χ4n) is 3.40. The first kappa shape index (κ1) is 20.7. The summed E-state index contributed by atoms with van der Waals surface area (Å²) in [6.45, 7) is 1.58. The van der Waals surface area contributed by atoms with Crippen molar-refractivity contribution in [2.75, 3.05) is 5.32 Å². The number of nitrogens with one attached hydrogen (secondary N) is 1. The maximum Gasteiger partial charge on any atom is 0.350 e. The van der Waals surface area contributed by atoms with Gasteiger partial charge >= 0.3 is 5.69 Å². The van der Waals surface area contributed by atoms with E-state index in [1.54, 1.807) is 36.5 Å². The molecule has 10 heteroatoms. The van der Waals surface area contributed by atoms with Gasteiger partial charge in [0.1, 0.15) is 6.54 Å². The van der Waals surface area contributed by atoms with Crippen LogP contribution in [0, 0.1) is 6.92 Å². The number of aryl methyl sites for hydroxylation is 1. The monoisotopic (exact) mass is 460 g/mol. The van der Waals surface area contributed by atoms with Crippen LogP contribution in [0.25, 0.3) is 28.5 Å². The van der Waals surface area contributed by atoms with E-state index in [9.17, 15) is 9.59 Å². The highest BCUT2D eigenvalue weighted by molar-refractivity contribution is 6.31. The van der Waals surface area contributed by atoms with Crippen molar-refractivity contribution in [3.63, 3.8) is 0 Å². The van der Waals surface area contributed by atoms with E-state index in [4.69, 9.17) is 16.1 Å². The third-order valence-electron chi connectivity index (χ3n) is 5.06. The molecule has 0 bridgehead atoms. The molecule has 1 N–H and O–H groups in total. The summed E-state index contributed by atoms with van der Waals surface area (Å²) in [7, 11) is 0. The Labute approximate surface area is 192 Å². The van der Waals surface area contributed by atoms with Crippen LogP contribution in [0.2, 0.25) is 5.02 Å². The smallest absolute Gasteiger partial charge is 0.333 e. The van der Waals surface area contributed by atoms with Crippen LogP contribution in [-0.4, -0.2) is 30.2 Å². The first-order valence-corrected chi connectivity index (χ1v) is 10.4. The number of halogens is 1. The molecule has 3 aromatic heterocycles. The topological polar surface area (TPSA) is 107 Å². The number of aromatic nitrogens is 5. The summed E-state index contributed by atoms with van der Waals surface area (Å²) < 4.78 is 7.85. The quantitative estimate of drug-likeness (QED) is 0.427. The number of rotatable bonds is 5. The molecule has 5 aromatic rings. The Kier molecular flexibility index (Phi) is 5.23. The van der Waals surface area contributed by atoms with Crippen molar-refractivity contribution in [1.29, 1.82) is 0 Å². The highest BCUT2D eigenvalue weighted by atomic mass is 35.5. The minimum atomic E-state index is -0.465. The highest BCUT2D eigenvalue weighted by Gasteiger charge is 2.18. The van der Waals surface area contributed by atoms with Gasteiger partial charge in [-0.1, -0.05) is 53.2 Å². The molecule has 3 heterocycles. The van der Waals surface area contributed by atoms with Crippen molar-refractivity contribution in [3.05, 3.63) is 87.9 Å². The van der Waals surface area contributed by atoms with Gasteiger partial charge in [0.05, 0.1) is 5.56 Å². The van der Waals surface area contributed by atoms with Crippen molar-refractivity contribution in [1.82, 2.24) is 24.3 Å². The average Bonchev–Trinajstić information content (AvgIpc) is 3.42. The Morgan fingerprint density at radius 3 is 2.76 bits per heavy atom. The molecule has 33 heavy (non-hydrogen) atoms. The highest BCUT2D eigenvalue weighted by Crippen LogP contribution is 2.24. The predicted octanol–water partition coefficient (Wildman–Crippen LogP) is 3.81. The lowest BCUT2D eigenvalue weighted by Crippen LogP contribution is -2.28. The molecule has 0 atom stereocenters. The van der Waals surface area contributed by atoms with Crippen molar-refractivity contribution in [2.45, 2.75) is 13.5 Å². The fraction of sp³-hybridized carbons (Fsp3) is 0.0870. The lowest BCUT2D eigenvalue weighted by atomic mass is 10.2. The number of carbonyl (C=O) groups is 1. The van der Waals surface area contributed by atoms with Crippen LogP contribution in [0.4, 0.5) is 5.69 Å². The zero-order valence-electron chi connectivity index (χ0n) is 17.4. The number of pyridine rings is 1. The van der Waals surface area contributed by atoms with E-state index in [1.807, 2.05) is 37.3 Å². The number of hydrogen-bond donors (Lipinski definition) is 1. The number of anilines is 1. The maximum absolute atomic E-state index is 12.8. The number of hydrogen-bond acceptors (Lipinski definition) is 6. The van der Waals surface area contributed by atoms with Gasteiger partial charge in [0.25, 0.3) is 5.89 Å². The van der Waals surface area contributed by atoms with Crippen LogP contribution in [-0.2, 0) is 11.3 Å². The summed E-state index contributed by atoms with van der Waals surface area (Å²) in [6.07, 6.45) is 1.57. The zero-order valence-corrected chi connectivity index (χ0v) is 18.2. The van der Waals surface area contributed by atoms with Crippen molar-refractivity contribution < 1.29 is 9.32 Å². The SMILES string of the molecule is Cc1ccc(Cl)cc1NC(=O)Cn1nc2c(-c3nc(-c4ccccc4)no3)cccn2c1=O. The predicted molar refractivity (Wildman–Crippen MR) is 123 cm³/mol. The summed E-state index contributed by atoms with van der Waals surface area (Å²) in [5.74, 6) is 0.234. The largest absolute Gasteiger partial charge is 0.350 e. The Balaban J connectivity index is 1.46. The van der Waals surface area contributed by atoms with Gasteiger partial charge in [0.2, 0.25) is 11.7 Å². The second kappa shape index (κ2) is 8.36. The van der Waals surface area contributed by atoms with Crippen LogP contribution >= 0.6 is 11.6 Å². The van der Waals surface area contributed by atoms with Gasteiger partial charge in [-0.3, -0.25) is 4.79 Å². The van der Waals surface area contributed by atoms with Gasteiger partial charge in [0.15, 0.2) is 5.65 Å². The van der Waals surface area contributed by atoms with Gasteiger partial charge in [-0.05, 0) is 36.8 Å². The summed E-state index contributed by atoms with van der Waals surface area (Å²) in [6, 6.07) is 18.0. The standard InChI is InChI=1S/C23H17ClN6O3/c1-14-9-10-16(24)12-18(14)25-19(31)13-30-23(32)29-11-5-8-17(21(29)27-30)22-26-20(28-33-22)15-6-3-2-4-7-15/h2-12H,13H2,1H3,(H,25,31). The molecular formula is C23H17ClN6O3. The van der Waals surface area contributed by atoms with Gasteiger partial charge < -0.3 is 9.84 Å². The van der Waals surface area contributed by atoms with E-state index in [0.29, 0.717) is 27.7 Å². The number of benzene rings is 2. The van der Waals surface area contributed by atoms with E-state index in [2.05, 4.69) is 20.6 Å². The summed E-state index contributed by atoms with van der Waals surface area (Å²) >= 11 is 6.01. The maximum atomic E-state index is 12.8. The number of carbonyl (C=O) groups excluding carboxylic acids is 1. The number of fused-ring (bicyclic) bond motifs is 1. The first-order valence-electron chi connectivity index (χ1n) is 10.0. The second-order valence-electron chi connectivity index (χ2n) is 7.35. The van der Waals surface area contributed by atoms with E-state index < -0.39 is 11.6 Å². The molecule has 5 rings (SSSR count). The number of amides is 1. The van der Waals surface area contributed by atoms with Gasteiger partial charge in [0, 0.05) is 22.5 Å². The lowest BCUT2D eigenvalue weighted by Gasteiger charge is -2.08. The molecule has 0 aliphatic heterocycles. The van der Waals surface area contributed by atoms with Crippen LogP contribution in [0.1, 0.15) is 5.56 Å². The molecule has 0 aliphatic carbocycles. The third-order valence-corrected chi connectivity index (χ3v) is 5.30. The van der Waals surface area contributed by atoms with E-state index >= 15 is 0 Å². The number of nitrogens with zero attached hydrogens (tertiary/aromatic N) is 5. The van der Waals surface area contributed by atoms with Crippen molar-refractivity contribution in [2.24, 2.45) is 0 Å². The third kappa shape index (κ3) is 4.01. The Morgan fingerprint density at radius 1 is 1.12 bits per heavy atom. The molecule has 9 nitrogen and oxygen atoms in total. The molecule has 0 fully saturated rings. The van der Waals surface area contributed by atoms with Gasteiger partial charge in [-0.25, -0.2) is 13.9 Å². The van der Waals surface area contributed by atoms with Crippen LogP contribution in [0.5, 0.6) is 0 Å². The van der Waals surface area contributed by atoms with Crippen LogP contribution in [0.15, 0.2) is 76.2 Å². The molecular weight excluding hydrogens is 444 g/mol. The van der Waals surface area contributed by atoms with Crippen molar-refractivity contribution >= 4 is 28.8 Å². The molecule has 0 spiro atoms. The Hall–Kier alpha value is -4.24. The van der Waals surface area contributed by atoms with Gasteiger partial charge in [-0.2, -0.15) is 4.98 Å². The lowest BCUT2D eigenvalue weighted by molar-refractivity contribution is -0.117. The summed E-state index contributed by atoms with van der Waals surface area (Å²) in [5, 5.41) is 11.6. The first-order chi connectivity index (χ1) is 16.0. The molecule has 1 amide bonds. The Bertz CT molecular complexity index is 1540. The van der Waals surface area contributed by atoms with Crippen LogP contribution < -0.4 is 11.0 Å². The average molecular weight is 461 g/mol. The summed E-state index contributed by atoms with van der Waals surface area (Å²) in [5.41, 5.74) is 2.54. The van der Waals surface area contributed by atoms with E-state index in [1.165, 1.54) is 4.40 Å². The zero-order chi connectivity index (χ0) is 22.9. The molecule has 164 valence electrons. The van der Waals surface area contributed by atoms with Crippen LogP contribution in [0.3, 0.4) is 0 Å². The molecule has 0 radical (unpaired) electrons. The normalized spacial score (nSPS) is 11.1. The molecule has 0 unspecified atom stereocenters. The van der Waals surface area contributed by atoms with Gasteiger partial charge in [-0.15, -0.1) is 5.10 Å². The summed E-state index contributed by atoms with van der Waals surface area (Å²) in [4.78, 5) is 29.9. The molecule has 0 saturated carbocycles. The Morgan fingerprint density at radius 2 is 1.94 bits per heavy atom. The molecule has 2 aromatic carbocycles. The minimum Gasteiger partial charge on any atom is -0.333 e. The molecule has 0 aliphatic rings. The van der Waals surface area contributed by atoms with E-state index in [-0.39, 0.29) is 12.4 Å². The van der Waals surface area contributed by atoms with E-state index in [0.717, 1.165) is 15.8 Å². The fourth-order valence-corrected chi connectivity index (χ4v) is 3.57. The molecule has 0 saturated heterocycles. The van der Waals surface area contributed by atoms with Crippen molar-refractivity contribution in [3.8, 4) is 22.8 Å². The minimum absolute atomic E-state index is 0.218.